The number of halogens is 1. The van der Waals surface area contributed by atoms with Gasteiger partial charge in [-0.15, -0.1) is 0 Å². The maximum absolute atomic E-state index is 10.9. The molecule has 0 N–H and O–H groups in total. The fraction of sp³-hybridized carbons (Fsp3) is 0.714. The molecule has 3 heteroatoms. The van der Waals surface area contributed by atoms with E-state index in [0.29, 0.717) is 6.42 Å². The van der Waals surface area contributed by atoms with Gasteiger partial charge in [-0.05, 0) is 13.3 Å². The van der Waals surface area contributed by atoms with E-state index >= 15 is 0 Å². The molecule has 10 heavy (non-hydrogen) atoms. The Morgan fingerprint density at radius 3 is 2.50 bits per heavy atom. The van der Waals surface area contributed by atoms with Gasteiger partial charge in [-0.2, -0.15) is 0 Å². The largest absolute Gasteiger partial charge is 0.300 e. The summed E-state index contributed by atoms with van der Waals surface area (Å²) in [6.07, 6.45) is 1.28. The van der Waals surface area contributed by atoms with Gasteiger partial charge in [0.05, 0.1) is 4.83 Å². The lowest BCUT2D eigenvalue weighted by atomic mass is 10.0. The number of hydrogen-bond acceptors (Lipinski definition) is 2. The van der Waals surface area contributed by atoms with Gasteiger partial charge in [0.1, 0.15) is 11.6 Å². The van der Waals surface area contributed by atoms with E-state index in [2.05, 4.69) is 15.9 Å². The molecule has 0 aromatic heterocycles. The highest BCUT2D eigenvalue weighted by molar-refractivity contribution is 9.10. The lowest BCUT2D eigenvalue weighted by Gasteiger charge is -2.06. The zero-order chi connectivity index (χ0) is 7.72. The van der Waals surface area contributed by atoms with Crippen LogP contribution in [-0.4, -0.2) is 16.4 Å². The normalized spacial score (nSPS) is 32.8. The number of hydrogen-bond donors (Lipinski definition) is 0. The summed E-state index contributed by atoms with van der Waals surface area (Å²) >= 11 is 3.20. The van der Waals surface area contributed by atoms with E-state index in [-0.39, 0.29) is 22.3 Å². The molecule has 0 aliphatic heterocycles. The Morgan fingerprint density at radius 1 is 1.70 bits per heavy atom. The minimum atomic E-state index is -0.204. The van der Waals surface area contributed by atoms with Crippen LogP contribution in [0.25, 0.3) is 0 Å². The summed E-state index contributed by atoms with van der Waals surface area (Å²) in [5, 5.41) is 0. The lowest BCUT2D eigenvalue weighted by molar-refractivity contribution is -0.122. The second-order valence-electron chi connectivity index (χ2n) is 2.62. The maximum Gasteiger partial charge on any atom is 0.147 e. The summed E-state index contributed by atoms with van der Waals surface area (Å²) in [7, 11) is 0. The average molecular weight is 205 g/mol. The highest BCUT2D eigenvalue weighted by Gasteiger charge is 2.35. The Bertz CT molecular complexity index is 176. The first-order valence-electron chi connectivity index (χ1n) is 3.30. The van der Waals surface area contributed by atoms with Gasteiger partial charge in [0, 0.05) is 12.3 Å². The minimum Gasteiger partial charge on any atom is -0.300 e. The molecule has 0 amide bonds. The zero-order valence-electron chi connectivity index (χ0n) is 5.76. The predicted octanol–water partition coefficient (Wildman–Crippen LogP) is 1.32. The molecule has 0 spiro atoms. The van der Waals surface area contributed by atoms with E-state index < -0.39 is 0 Å². The van der Waals surface area contributed by atoms with Crippen molar-refractivity contribution in [2.75, 3.05) is 0 Å². The highest BCUT2D eigenvalue weighted by Crippen LogP contribution is 2.28. The SMILES string of the molecule is CC(=O)C1CCC(=O)C1Br. The molecule has 56 valence electrons. The molecule has 1 aliphatic carbocycles. The molecular formula is C7H9BrO2. The lowest BCUT2D eigenvalue weighted by Crippen LogP contribution is -2.19. The predicted molar refractivity (Wildman–Crippen MR) is 41.1 cm³/mol. The van der Waals surface area contributed by atoms with Crippen molar-refractivity contribution in [2.24, 2.45) is 5.92 Å². The van der Waals surface area contributed by atoms with Gasteiger partial charge in [0.2, 0.25) is 0 Å². The van der Waals surface area contributed by atoms with Crippen LogP contribution >= 0.6 is 15.9 Å². The van der Waals surface area contributed by atoms with E-state index in [9.17, 15) is 9.59 Å². The molecule has 1 saturated carbocycles. The molecule has 0 heterocycles. The standard InChI is InChI=1S/C7H9BrO2/c1-4(9)5-2-3-6(10)7(5)8/h5,7H,2-3H2,1H3. The van der Waals surface area contributed by atoms with Crippen LogP contribution in [-0.2, 0) is 9.59 Å². The first-order valence-corrected chi connectivity index (χ1v) is 4.21. The number of Topliss-reactive ketones (excluding diaryl/α,β-unsaturated/α-hetero) is 2. The summed E-state index contributed by atoms with van der Waals surface area (Å²) in [6.45, 7) is 1.54. The van der Waals surface area contributed by atoms with Gasteiger partial charge in [-0.1, -0.05) is 15.9 Å². The van der Waals surface area contributed by atoms with Gasteiger partial charge in [-0.3, -0.25) is 9.59 Å². The fourth-order valence-corrected chi connectivity index (χ4v) is 2.08. The smallest absolute Gasteiger partial charge is 0.147 e. The quantitative estimate of drug-likeness (QED) is 0.605. The number of alkyl halides is 1. The van der Waals surface area contributed by atoms with Crippen LogP contribution in [0.3, 0.4) is 0 Å². The van der Waals surface area contributed by atoms with Crippen molar-refractivity contribution in [3.05, 3.63) is 0 Å². The van der Waals surface area contributed by atoms with Crippen molar-refractivity contribution in [1.82, 2.24) is 0 Å². The molecule has 1 aliphatic rings. The number of ketones is 2. The molecule has 0 radical (unpaired) electrons. The van der Waals surface area contributed by atoms with E-state index in [4.69, 9.17) is 0 Å². The third-order valence-electron chi connectivity index (χ3n) is 1.88. The summed E-state index contributed by atoms with van der Waals surface area (Å²) in [5.74, 6) is 0.223. The van der Waals surface area contributed by atoms with Crippen molar-refractivity contribution in [1.29, 1.82) is 0 Å². The molecule has 1 rings (SSSR count). The maximum atomic E-state index is 10.9. The molecule has 2 atom stereocenters. The van der Waals surface area contributed by atoms with E-state index in [1.165, 1.54) is 6.92 Å². The highest BCUT2D eigenvalue weighted by atomic mass is 79.9. The molecule has 0 saturated heterocycles. The van der Waals surface area contributed by atoms with Crippen molar-refractivity contribution >= 4 is 27.5 Å². The molecule has 0 aromatic rings. The van der Waals surface area contributed by atoms with Gasteiger partial charge in [-0.25, -0.2) is 0 Å². The topological polar surface area (TPSA) is 34.1 Å². The summed E-state index contributed by atoms with van der Waals surface area (Å²) in [6, 6.07) is 0. The van der Waals surface area contributed by atoms with Crippen molar-refractivity contribution in [3.63, 3.8) is 0 Å². The molecular weight excluding hydrogens is 196 g/mol. The number of carbonyl (C=O) groups is 2. The van der Waals surface area contributed by atoms with Crippen molar-refractivity contribution in [3.8, 4) is 0 Å². The number of rotatable bonds is 1. The van der Waals surface area contributed by atoms with Gasteiger partial charge < -0.3 is 0 Å². The van der Waals surface area contributed by atoms with E-state index in [1.807, 2.05) is 0 Å². The van der Waals surface area contributed by atoms with Crippen LogP contribution in [0.4, 0.5) is 0 Å². The van der Waals surface area contributed by atoms with Crippen LogP contribution in [0.1, 0.15) is 19.8 Å². The summed E-state index contributed by atoms with van der Waals surface area (Å²) < 4.78 is 0. The second-order valence-corrected chi connectivity index (χ2v) is 3.61. The molecule has 2 nitrogen and oxygen atoms in total. The minimum absolute atomic E-state index is 0.0625. The Hall–Kier alpha value is -0.180. The van der Waals surface area contributed by atoms with Crippen LogP contribution in [0, 0.1) is 5.92 Å². The third kappa shape index (κ3) is 1.29. The van der Waals surface area contributed by atoms with Gasteiger partial charge in [0.25, 0.3) is 0 Å². The third-order valence-corrected chi connectivity index (χ3v) is 3.03. The van der Waals surface area contributed by atoms with Crippen LogP contribution < -0.4 is 0 Å². The van der Waals surface area contributed by atoms with Crippen molar-refractivity contribution in [2.45, 2.75) is 24.6 Å². The Morgan fingerprint density at radius 2 is 2.30 bits per heavy atom. The number of carbonyl (C=O) groups excluding carboxylic acids is 2. The summed E-state index contributed by atoms with van der Waals surface area (Å²) in [5.41, 5.74) is 0. The van der Waals surface area contributed by atoms with Gasteiger partial charge in [0.15, 0.2) is 0 Å². The molecule has 2 unspecified atom stereocenters. The Labute approximate surface area is 68.1 Å². The molecule has 0 aromatic carbocycles. The van der Waals surface area contributed by atoms with E-state index in [0.717, 1.165) is 6.42 Å². The monoisotopic (exact) mass is 204 g/mol. The Kier molecular flexibility index (Phi) is 2.24. The van der Waals surface area contributed by atoms with Crippen LogP contribution in [0.5, 0.6) is 0 Å². The van der Waals surface area contributed by atoms with Crippen LogP contribution in [0.2, 0.25) is 0 Å². The fourth-order valence-electron chi connectivity index (χ4n) is 1.22. The Balaban J connectivity index is 2.66. The first kappa shape index (κ1) is 7.92. The first-order chi connectivity index (χ1) is 4.63. The zero-order valence-corrected chi connectivity index (χ0v) is 7.35. The average Bonchev–Trinajstić information content (AvgIpc) is 2.14. The van der Waals surface area contributed by atoms with Gasteiger partial charge >= 0.3 is 0 Å². The second kappa shape index (κ2) is 2.82. The summed E-state index contributed by atoms with van der Waals surface area (Å²) in [4.78, 5) is 21.5. The van der Waals surface area contributed by atoms with E-state index in [1.54, 1.807) is 0 Å². The molecule has 1 fully saturated rings. The van der Waals surface area contributed by atoms with Crippen molar-refractivity contribution < 1.29 is 9.59 Å². The molecule has 0 bridgehead atoms. The van der Waals surface area contributed by atoms with Crippen LogP contribution in [0.15, 0.2) is 0 Å².